The average Bonchev–Trinajstić information content (AvgIpc) is 3.35. The quantitative estimate of drug-likeness (QED) is 0.494. The van der Waals surface area contributed by atoms with E-state index in [1.54, 1.807) is 25.3 Å². The molecule has 10 nitrogen and oxygen atoms in total. The molecule has 1 aromatic carbocycles. The van der Waals surface area contributed by atoms with Gasteiger partial charge in [-0.1, -0.05) is 19.9 Å². The number of rotatable bonds is 11. The molecule has 1 saturated heterocycles. The molecule has 3 amide bonds. The van der Waals surface area contributed by atoms with Gasteiger partial charge in [0.15, 0.2) is 17.7 Å². The Hall–Kier alpha value is -3.82. The molecule has 0 radical (unpaired) electrons. The van der Waals surface area contributed by atoms with Crippen molar-refractivity contribution in [1.82, 2.24) is 20.1 Å². The summed E-state index contributed by atoms with van der Waals surface area (Å²) >= 11 is 0. The maximum Gasteiger partial charge on any atom is 0.328 e. The number of imide groups is 1. The van der Waals surface area contributed by atoms with Crippen LogP contribution in [0.25, 0.3) is 0 Å². The number of amidine groups is 1. The van der Waals surface area contributed by atoms with Gasteiger partial charge in [0.05, 0.1) is 14.2 Å². The van der Waals surface area contributed by atoms with E-state index in [1.165, 1.54) is 4.90 Å². The van der Waals surface area contributed by atoms with Crippen LogP contribution in [0.4, 0.5) is 10.6 Å². The summed E-state index contributed by atoms with van der Waals surface area (Å²) in [6.45, 7) is 5.62. The van der Waals surface area contributed by atoms with E-state index >= 15 is 0 Å². The Morgan fingerprint density at radius 3 is 2.47 bits per heavy atom. The van der Waals surface area contributed by atoms with E-state index in [2.05, 4.69) is 15.6 Å². The second-order valence-electron chi connectivity index (χ2n) is 8.78. The van der Waals surface area contributed by atoms with Crippen molar-refractivity contribution >= 4 is 23.6 Å². The maximum absolute atomic E-state index is 13.0. The van der Waals surface area contributed by atoms with Crippen molar-refractivity contribution in [2.75, 3.05) is 39.2 Å². The number of fused-ring (bicyclic) bond motifs is 1. The van der Waals surface area contributed by atoms with Crippen LogP contribution in [0.1, 0.15) is 37.8 Å². The number of anilines is 1. The van der Waals surface area contributed by atoms with E-state index in [0.717, 1.165) is 29.8 Å². The van der Waals surface area contributed by atoms with Gasteiger partial charge in [-0.3, -0.25) is 14.6 Å². The van der Waals surface area contributed by atoms with Gasteiger partial charge in [0.25, 0.3) is 5.91 Å². The Kier molecular flexibility index (Phi) is 7.92. The fraction of sp³-hybridized carbons (Fsp3) is 0.462. The van der Waals surface area contributed by atoms with Crippen molar-refractivity contribution in [2.45, 2.75) is 45.3 Å². The SMILES string of the molecule is CCCN1C(=O)C2NC(c3ccc(NCCc4ccc(OC)c(OC)c4)nc3)=NC2N(CCC)C1=O. The van der Waals surface area contributed by atoms with Gasteiger partial charge in [-0.2, -0.15) is 0 Å². The first-order valence-electron chi connectivity index (χ1n) is 12.4. The Balaban J connectivity index is 1.40. The van der Waals surface area contributed by atoms with E-state index < -0.39 is 12.2 Å². The zero-order valence-electron chi connectivity index (χ0n) is 21.3. The summed E-state index contributed by atoms with van der Waals surface area (Å²) in [4.78, 5) is 38.2. The number of methoxy groups -OCH3 is 2. The fourth-order valence-corrected chi connectivity index (χ4v) is 4.50. The van der Waals surface area contributed by atoms with Crippen molar-refractivity contribution in [3.8, 4) is 11.5 Å². The molecular weight excluding hydrogens is 460 g/mol. The molecule has 0 aliphatic carbocycles. The monoisotopic (exact) mass is 494 g/mol. The number of aromatic nitrogens is 1. The van der Waals surface area contributed by atoms with Gasteiger partial charge < -0.3 is 20.1 Å². The van der Waals surface area contributed by atoms with Crippen LogP contribution in [-0.2, 0) is 11.2 Å². The molecule has 0 bridgehead atoms. The highest BCUT2D eigenvalue weighted by Gasteiger charge is 2.49. The number of hydrogen-bond acceptors (Lipinski definition) is 8. The Morgan fingerprint density at radius 2 is 1.81 bits per heavy atom. The molecule has 1 aromatic heterocycles. The highest BCUT2D eigenvalue weighted by Crippen LogP contribution is 2.28. The van der Waals surface area contributed by atoms with Gasteiger partial charge >= 0.3 is 6.03 Å². The molecule has 2 aliphatic heterocycles. The molecule has 3 heterocycles. The smallest absolute Gasteiger partial charge is 0.328 e. The molecule has 1 fully saturated rings. The molecule has 36 heavy (non-hydrogen) atoms. The third kappa shape index (κ3) is 5.07. The molecule has 10 heteroatoms. The second kappa shape index (κ2) is 11.3. The summed E-state index contributed by atoms with van der Waals surface area (Å²) in [5.74, 6) is 2.51. The number of carbonyl (C=O) groups excluding carboxylic acids is 2. The minimum atomic E-state index is -0.574. The molecule has 2 aliphatic rings. The number of hydrogen-bond donors (Lipinski definition) is 2. The Morgan fingerprint density at radius 1 is 1.03 bits per heavy atom. The number of pyridine rings is 1. The predicted octanol–water partition coefficient (Wildman–Crippen LogP) is 2.88. The van der Waals surface area contributed by atoms with Crippen LogP contribution in [0.3, 0.4) is 0 Å². The number of carbonyl (C=O) groups is 2. The van der Waals surface area contributed by atoms with E-state index in [0.29, 0.717) is 43.4 Å². The first-order valence-corrected chi connectivity index (χ1v) is 12.4. The normalized spacial score (nSPS) is 19.1. The van der Waals surface area contributed by atoms with Crippen molar-refractivity contribution in [1.29, 1.82) is 0 Å². The van der Waals surface area contributed by atoms with Crippen molar-refractivity contribution in [3.63, 3.8) is 0 Å². The topological polar surface area (TPSA) is 108 Å². The number of nitrogens with one attached hydrogen (secondary N) is 2. The molecule has 2 atom stereocenters. The largest absolute Gasteiger partial charge is 0.493 e. The second-order valence-corrected chi connectivity index (χ2v) is 8.78. The first kappa shape index (κ1) is 25.3. The summed E-state index contributed by atoms with van der Waals surface area (Å²) in [6.07, 6.45) is 3.49. The number of urea groups is 1. The minimum absolute atomic E-state index is 0.223. The molecule has 4 rings (SSSR count). The number of benzene rings is 1. The maximum atomic E-state index is 13.0. The van der Waals surface area contributed by atoms with Crippen LogP contribution < -0.4 is 20.1 Å². The van der Waals surface area contributed by atoms with Crippen LogP contribution in [0, 0.1) is 0 Å². The van der Waals surface area contributed by atoms with Gasteiger partial charge in [-0.25, -0.2) is 14.8 Å². The number of nitrogens with zero attached hydrogens (tertiary/aromatic N) is 4. The Labute approximate surface area is 211 Å². The highest BCUT2D eigenvalue weighted by molar-refractivity contribution is 6.08. The molecular formula is C26H34N6O4. The molecule has 0 spiro atoms. The van der Waals surface area contributed by atoms with Crippen LogP contribution in [0.15, 0.2) is 41.5 Å². The van der Waals surface area contributed by atoms with Crippen molar-refractivity contribution in [2.24, 2.45) is 4.99 Å². The molecule has 2 unspecified atom stereocenters. The summed E-state index contributed by atoms with van der Waals surface area (Å²) in [5, 5.41) is 6.57. The van der Waals surface area contributed by atoms with Gasteiger partial charge in [0.1, 0.15) is 17.7 Å². The third-order valence-corrected chi connectivity index (χ3v) is 6.30. The average molecular weight is 495 g/mol. The molecule has 0 saturated carbocycles. The van der Waals surface area contributed by atoms with E-state index in [4.69, 9.17) is 14.5 Å². The fourth-order valence-electron chi connectivity index (χ4n) is 4.50. The predicted molar refractivity (Wildman–Crippen MR) is 138 cm³/mol. The van der Waals surface area contributed by atoms with E-state index in [-0.39, 0.29) is 11.9 Å². The zero-order chi connectivity index (χ0) is 25.7. The van der Waals surface area contributed by atoms with Crippen LogP contribution in [0.5, 0.6) is 11.5 Å². The van der Waals surface area contributed by atoms with Crippen LogP contribution in [0.2, 0.25) is 0 Å². The lowest BCUT2D eigenvalue weighted by atomic mass is 10.1. The minimum Gasteiger partial charge on any atom is -0.493 e. The first-order chi connectivity index (χ1) is 17.5. The lowest BCUT2D eigenvalue weighted by molar-refractivity contribution is -0.134. The van der Waals surface area contributed by atoms with Crippen molar-refractivity contribution in [3.05, 3.63) is 47.7 Å². The molecule has 2 N–H and O–H groups in total. The van der Waals surface area contributed by atoms with Crippen molar-refractivity contribution < 1.29 is 19.1 Å². The summed E-state index contributed by atoms with van der Waals surface area (Å²) in [7, 11) is 3.24. The number of aliphatic imine (C=N–C) groups is 1. The standard InChI is InChI=1S/C26H34N6O4/c1-5-13-31-24-22(25(33)32(14-6-2)26(31)34)29-23(30-24)18-8-10-21(28-16-18)27-12-11-17-7-9-19(35-3)20(15-17)36-4/h7-10,15-16,22,24H,5-6,11-14H2,1-4H3,(H,27,28)(H,29,30). The van der Waals surface area contributed by atoms with Crippen LogP contribution in [-0.4, -0.2) is 78.6 Å². The van der Waals surface area contributed by atoms with Crippen LogP contribution >= 0.6 is 0 Å². The highest BCUT2D eigenvalue weighted by atomic mass is 16.5. The summed E-state index contributed by atoms with van der Waals surface area (Å²) in [6, 6.07) is 8.84. The van der Waals surface area contributed by atoms with Gasteiger partial charge in [-0.15, -0.1) is 0 Å². The summed E-state index contributed by atoms with van der Waals surface area (Å²) in [5.41, 5.74) is 1.89. The number of ether oxygens (including phenoxy) is 2. The lowest BCUT2D eigenvalue weighted by Crippen LogP contribution is -2.65. The molecule has 2 aromatic rings. The van der Waals surface area contributed by atoms with E-state index in [9.17, 15) is 9.59 Å². The molecule has 192 valence electrons. The summed E-state index contributed by atoms with van der Waals surface area (Å²) < 4.78 is 10.7. The van der Waals surface area contributed by atoms with Gasteiger partial charge in [-0.05, 0) is 49.1 Å². The Bertz CT molecular complexity index is 1120. The lowest BCUT2D eigenvalue weighted by Gasteiger charge is -2.40. The third-order valence-electron chi connectivity index (χ3n) is 6.30. The van der Waals surface area contributed by atoms with Gasteiger partial charge in [0, 0.05) is 31.4 Å². The number of amides is 3. The van der Waals surface area contributed by atoms with E-state index in [1.807, 2.05) is 44.2 Å². The zero-order valence-corrected chi connectivity index (χ0v) is 21.3. The van der Waals surface area contributed by atoms with Gasteiger partial charge in [0.2, 0.25) is 0 Å².